The van der Waals surface area contributed by atoms with E-state index in [2.05, 4.69) is 14.5 Å². The van der Waals surface area contributed by atoms with Crippen molar-refractivity contribution < 1.29 is 0 Å². The number of nitrogens with zero attached hydrogens (tertiary/aromatic N) is 3. The fourth-order valence-electron chi connectivity index (χ4n) is 1.14. The van der Waals surface area contributed by atoms with E-state index in [4.69, 9.17) is 5.73 Å². The molecule has 1 aromatic heterocycles. The molecular weight excluding hydrogens is 188 g/mol. The Hall–Kier alpha value is -0.580. The van der Waals surface area contributed by atoms with Crippen LogP contribution < -0.4 is 5.73 Å². The van der Waals surface area contributed by atoms with Gasteiger partial charge in [0.2, 0.25) is 0 Å². The fourth-order valence-corrected chi connectivity index (χ4v) is 1.14. The highest BCUT2D eigenvalue weighted by Crippen LogP contribution is 2.00. The summed E-state index contributed by atoms with van der Waals surface area (Å²) in [5.74, 6) is 0. The third kappa shape index (κ3) is 3.76. The minimum atomic E-state index is 0. The van der Waals surface area contributed by atoms with E-state index in [-0.39, 0.29) is 12.4 Å². The van der Waals surface area contributed by atoms with Crippen LogP contribution in [0.4, 0.5) is 0 Å². The number of aromatic nitrogens is 2. The van der Waals surface area contributed by atoms with E-state index in [1.165, 1.54) is 5.69 Å². The summed E-state index contributed by atoms with van der Waals surface area (Å²) in [4.78, 5) is 6.19. The SMILES string of the molecule is CN(C)Cc1cncn1CCN.Cl. The first-order chi connectivity index (χ1) is 5.74. The van der Waals surface area contributed by atoms with Crippen molar-refractivity contribution in [3.05, 3.63) is 18.2 Å². The molecular formula is C8H17ClN4. The number of hydrogen-bond acceptors (Lipinski definition) is 3. The summed E-state index contributed by atoms with van der Waals surface area (Å²) in [6.07, 6.45) is 3.71. The zero-order valence-corrected chi connectivity index (χ0v) is 8.92. The Bertz CT molecular complexity index is 234. The maximum atomic E-state index is 5.46. The Morgan fingerprint density at radius 2 is 2.23 bits per heavy atom. The zero-order chi connectivity index (χ0) is 8.97. The van der Waals surface area contributed by atoms with Crippen molar-refractivity contribution in [3.63, 3.8) is 0 Å². The van der Waals surface area contributed by atoms with Gasteiger partial charge in [-0.2, -0.15) is 0 Å². The molecule has 76 valence electrons. The summed E-state index contributed by atoms with van der Waals surface area (Å²) in [6.45, 7) is 2.43. The van der Waals surface area contributed by atoms with Crippen molar-refractivity contribution in [1.82, 2.24) is 14.5 Å². The standard InChI is InChI=1S/C8H16N4.ClH/c1-11(2)6-8-5-10-7-12(8)4-3-9;/h5,7H,3-4,6,9H2,1-2H3;1H. The lowest BCUT2D eigenvalue weighted by molar-refractivity contribution is 0.387. The summed E-state index contributed by atoms with van der Waals surface area (Å²) in [6, 6.07) is 0. The van der Waals surface area contributed by atoms with Crippen LogP contribution in [-0.4, -0.2) is 35.1 Å². The summed E-state index contributed by atoms with van der Waals surface area (Å²) in [5, 5.41) is 0. The lowest BCUT2D eigenvalue weighted by Gasteiger charge is -2.11. The van der Waals surface area contributed by atoms with Crippen molar-refractivity contribution in [3.8, 4) is 0 Å². The average molecular weight is 205 g/mol. The Kier molecular flexibility index (Phi) is 5.70. The van der Waals surface area contributed by atoms with Gasteiger partial charge >= 0.3 is 0 Å². The molecule has 0 radical (unpaired) electrons. The van der Waals surface area contributed by atoms with Crippen molar-refractivity contribution in [1.29, 1.82) is 0 Å². The molecule has 0 aromatic carbocycles. The van der Waals surface area contributed by atoms with Gasteiger partial charge in [0.15, 0.2) is 0 Å². The molecule has 0 spiro atoms. The Morgan fingerprint density at radius 1 is 1.54 bits per heavy atom. The number of nitrogens with two attached hydrogens (primary N) is 1. The van der Waals surface area contributed by atoms with Gasteiger partial charge < -0.3 is 15.2 Å². The molecule has 0 atom stereocenters. The van der Waals surface area contributed by atoms with Gasteiger partial charge in [-0.1, -0.05) is 0 Å². The molecule has 0 saturated carbocycles. The van der Waals surface area contributed by atoms with Gasteiger partial charge in [-0.3, -0.25) is 0 Å². The van der Waals surface area contributed by atoms with Crippen LogP contribution in [0.15, 0.2) is 12.5 Å². The second-order valence-corrected chi connectivity index (χ2v) is 3.10. The lowest BCUT2D eigenvalue weighted by Crippen LogP contribution is -2.17. The Balaban J connectivity index is 0.00000144. The molecule has 0 saturated heterocycles. The van der Waals surface area contributed by atoms with Gasteiger partial charge in [-0.15, -0.1) is 12.4 Å². The maximum Gasteiger partial charge on any atom is 0.0949 e. The van der Waals surface area contributed by atoms with Crippen LogP contribution in [0.1, 0.15) is 5.69 Å². The Labute approximate surface area is 85.1 Å². The topological polar surface area (TPSA) is 47.1 Å². The fraction of sp³-hybridized carbons (Fsp3) is 0.625. The molecule has 0 bridgehead atoms. The molecule has 1 rings (SSSR count). The van der Waals surface area contributed by atoms with E-state index in [1.807, 2.05) is 26.6 Å². The molecule has 0 aliphatic carbocycles. The normalized spacial score (nSPS) is 10.2. The van der Waals surface area contributed by atoms with Crippen LogP contribution in [0, 0.1) is 0 Å². The molecule has 0 aliphatic rings. The zero-order valence-electron chi connectivity index (χ0n) is 8.10. The number of rotatable bonds is 4. The van der Waals surface area contributed by atoms with Gasteiger partial charge in [-0.25, -0.2) is 4.98 Å². The number of halogens is 1. The molecule has 0 aliphatic heterocycles. The number of hydrogen-bond donors (Lipinski definition) is 1. The summed E-state index contributed by atoms with van der Waals surface area (Å²) in [7, 11) is 4.08. The highest BCUT2D eigenvalue weighted by molar-refractivity contribution is 5.85. The van der Waals surface area contributed by atoms with E-state index in [0.29, 0.717) is 6.54 Å². The van der Waals surface area contributed by atoms with Crippen LogP contribution in [0.5, 0.6) is 0 Å². The number of imidazole rings is 1. The predicted molar refractivity (Wildman–Crippen MR) is 55.9 cm³/mol. The van der Waals surface area contributed by atoms with Crippen LogP contribution >= 0.6 is 12.4 Å². The first-order valence-corrected chi connectivity index (χ1v) is 4.08. The van der Waals surface area contributed by atoms with Crippen molar-refractivity contribution in [2.75, 3.05) is 20.6 Å². The van der Waals surface area contributed by atoms with Crippen LogP contribution in [-0.2, 0) is 13.1 Å². The quantitative estimate of drug-likeness (QED) is 0.769. The molecule has 0 amide bonds. The first-order valence-electron chi connectivity index (χ1n) is 4.08. The van der Waals surface area contributed by atoms with Crippen LogP contribution in [0.2, 0.25) is 0 Å². The van der Waals surface area contributed by atoms with E-state index < -0.39 is 0 Å². The predicted octanol–water partition coefficient (Wildman–Crippen LogP) is 0.325. The van der Waals surface area contributed by atoms with E-state index in [1.54, 1.807) is 0 Å². The minimum absolute atomic E-state index is 0. The molecule has 0 fully saturated rings. The summed E-state index contributed by atoms with van der Waals surface area (Å²) >= 11 is 0. The molecule has 5 heteroatoms. The molecule has 2 N–H and O–H groups in total. The smallest absolute Gasteiger partial charge is 0.0949 e. The molecule has 1 heterocycles. The van der Waals surface area contributed by atoms with Gasteiger partial charge in [-0.05, 0) is 14.1 Å². The first kappa shape index (κ1) is 12.4. The summed E-state index contributed by atoms with van der Waals surface area (Å²) < 4.78 is 2.08. The van der Waals surface area contributed by atoms with Gasteiger partial charge in [0.05, 0.1) is 12.0 Å². The molecule has 1 aromatic rings. The van der Waals surface area contributed by atoms with Crippen molar-refractivity contribution >= 4 is 12.4 Å². The van der Waals surface area contributed by atoms with Crippen molar-refractivity contribution in [2.45, 2.75) is 13.1 Å². The lowest BCUT2D eigenvalue weighted by atomic mass is 10.4. The van der Waals surface area contributed by atoms with E-state index in [9.17, 15) is 0 Å². The van der Waals surface area contributed by atoms with Gasteiger partial charge in [0.1, 0.15) is 0 Å². The largest absolute Gasteiger partial charge is 0.332 e. The van der Waals surface area contributed by atoms with Gasteiger partial charge in [0.25, 0.3) is 0 Å². The third-order valence-corrected chi connectivity index (χ3v) is 1.65. The van der Waals surface area contributed by atoms with Crippen LogP contribution in [0.3, 0.4) is 0 Å². The average Bonchev–Trinajstić information content (AvgIpc) is 2.37. The van der Waals surface area contributed by atoms with Crippen LogP contribution in [0.25, 0.3) is 0 Å². The molecule has 0 unspecified atom stereocenters. The van der Waals surface area contributed by atoms with E-state index in [0.717, 1.165) is 13.1 Å². The summed E-state index contributed by atoms with van der Waals surface area (Å²) in [5.41, 5.74) is 6.67. The highest BCUT2D eigenvalue weighted by Gasteiger charge is 2.01. The van der Waals surface area contributed by atoms with Crippen molar-refractivity contribution in [2.24, 2.45) is 5.73 Å². The third-order valence-electron chi connectivity index (χ3n) is 1.65. The second-order valence-electron chi connectivity index (χ2n) is 3.10. The second kappa shape index (κ2) is 5.96. The monoisotopic (exact) mass is 204 g/mol. The highest BCUT2D eigenvalue weighted by atomic mass is 35.5. The maximum absolute atomic E-state index is 5.46. The Morgan fingerprint density at radius 3 is 2.77 bits per heavy atom. The van der Waals surface area contributed by atoms with E-state index >= 15 is 0 Å². The van der Waals surface area contributed by atoms with Gasteiger partial charge in [0, 0.05) is 25.8 Å². The molecule has 13 heavy (non-hydrogen) atoms. The minimum Gasteiger partial charge on any atom is -0.332 e. The molecule has 4 nitrogen and oxygen atoms in total.